The summed E-state index contributed by atoms with van der Waals surface area (Å²) in [4.78, 5) is 0. The number of hydrogen-bond donors (Lipinski definition) is 2. The number of hydrogen-bond acceptors (Lipinski definition) is 2. The maximum Gasteiger partial charge on any atom is 0.115 e. The molecule has 2 nitrogen and oxygen atoms in total. The second-order valence-electron chi connectivity index (χ2n) is 7.64. The Morgan fingerprint density at radius 3 is 2.48 bits per heavy atom. The second kappa shape index (κ2) is 9.32. The molecule has 1 fully saturated rings. The largest absolute Gasteiger partial charge is 0.508 e. The first-order valence-electron chi connectivity index (χ1n) is 9.83. The Bertz CT molecular complexity index is 731. The number of aromatic hydroxyl groups is 1. The first-order valence-corrected chi connectivity index (χ1v) is 10.7. The van der Waals surface area contributed by atoms with Crippen LogP contribution in [-0.2, 0) is 6.42 Å². The summed E-state index contributed by atoms with van der Waals surface area (Å²) in [5, 5.41) is 19.9. The average molecular weight is 407 g/mol. The summed E-state index contributed by atoms with van der Waals surface area (Å²) in [5.74, 6) is 0.807. The second-order valence-corrected chi connectivity index (χ2v) is 8.76. The molecule has 146 valence electrons. The van der Waals surface area contributed by atoms with Crippen LogP contribution in [0.2, 0.25) is 0 Å². The van der Waals surface area contributed by atoms with Crippen LogP contribution >= 0.6 is 23.2 Å². The van der Waals surface area contributed by atoms with Crippen molar-refractivity contribution >= 4 is 23.2 Å². The van der Waals surface area contributed by atoms with Gasteiger partial charge in [0.2, 0.25) is 0 Å². The molecule has 0 saturated heterocycles. The van der Waals surface area contributed by atoms with Crippen LogP contribution in [0.5, 0.6) is 5.75 Å². The van der Waals surface area contributed by atoms with Crippen LogP contribution in [0.3, 0.4) is 0 Å². The third-order valence-electron chi connectivity index (χ3n) is 5.71. The van der Waals surface area contributed by atoms with Crippen LogP contribution in [0.1, 0.15) is 61.3 Å². The van der Waals surface area contributed by atoms with Gasteiger partial charge in [0, 0.05) is 16.7 Å². The zero-order valence-corrected chi connectivity index (χ0v) is 17.2. The monoisotopic (exact) mass is 406 g/mol. The third kappa shape index (κ3) is 4.99. The lowest BCUT2D eigenvalue weighted by atomic mass is 9.84. The van der Waals surface area contributed by atoms with E-state index in [4.69, 9.17) is 23.2 Å². The van der Waals surface area contributed by atoms with Crippen molar-refractivity contribution in [1.82, 2.24) is 0 Å². The van der Waals surface area contributed by atoms with Gasteiger partial charge >= 0.3 is 0 Å². The van der Waals surface area contributed by atoms with Crippen molar-refractivity contribution in [3.05, 3.63) is 65.2 Å². The zero-order valence-electron chi connectivity index (χ0n) is 15.7. The average Bonchev–Trinajstić information content (AvgIpc) is 2.93. The Morgan fingerprint density at radius 1 is 1.07 bits per heavy atom. The summed E-state index contributed by atoms with van der Waals surface area (Å²) in [6, 6.07) is 15.7. The quantitative estimate of drug-likeness (QED) is 0.539. The molecule has 0 aliphatic heterocycles. The Morgan fingerprint density at radius 2 is 1.81 bits per heavy atom. The summed E-state index contributed by atoms with van der Waals surface area (Å²) in [7, 11) is 0. The molecule has 3 rings (SSSR count). The van der Waals surface area contributed by atoms with E-state index in [2.05, 4.69) is 19.1 Å². The number of aliphatic hydroxyl groups excluding tert-OH is 1. The lowest BCUT2D eigenvalue weighted by molar-refractivity contribution is 0.166. The van der Waals surface area contributed by atoms with E-state index in [9.17, 15) is 10.2 Å². The van der Waals surface area contributed by atoms with Crippen molar-refractivity contribution in [3.8, 4) is 5.75 Å². The van der Waals surface area contributed by atoms with Gasteiger partial charge in [-0.15, -0.1) is 23.2 Å². The van der Waals surface area contributed by atoms with E-state index >= 15 is 0 Å². The molecule has 0 bridgehead atoms. The fraction of sp³-hybridized carbons (Fsp3) is 0.478. The van der Waals surface area contributed by atoms with Gasteiger partial charge in [0.05, 0.1) is 6.10 Å². The van der Waals surface area contributed by atoms with Gasteiger partial charge in [0.25, 0.3) is 0 Å². The van der Waals surface area contributed by atoms with Crippen molar-refractivity contribution in [2.24, 2.45) is 5.92 Å². The van der Waals surface area contributed by atoms with Gasteiger partial charge in [-0.3, -0.25) is 0 Å². The number of rotatable bonds is 7. The number of aryl methyl sites for hydroxylation is 1. The first kappa shape index (κ1) is 20.5. The number of alkyl halides is 2. The van der Waals surface area contributed by atoms with Gasteiger partial charge in [-0.1, -0.05) is 49.7 Å². The molecular formula is C23H28Cl2O2. The van der Waals surface area contributed by atoms with Crippen LogP contribution in [0.25, 0.3) is 0 Å². The molecule has 27 heavy (non-hydrogen) atoms. The molecule has 2 aromatic rings. The summed E-state index contributed by atoms with van der Waals surface area (Å²) in [6.45, 7) is 2.08. The normalized spacial score (nSPS) is 26.2. The Kier molecular flexibility index (Phi) is 7.08. The molecule has 1 saturated carbocycles. The maximum absolute atomic E-state index is 10.2. The highest BCUT2D eigenvalue weighted by Crippen LogP contribution is 2.47. The summed E-state index contributed by atoms with van der Waals surface area (Å²) in [6.07, 6.45) is 3.94. The molecule has 0 radical (unpaired) electrons. The van der Waals surface area contributed by atoms with Crippen LogP contribution < -0.4 is 0 Å². The van der Waals surface area contributed by atoms with Crippen LogP contribution in [-0.4, -0.2) is 21.0 Å². The fourth-order valence-electron chi connectivity index (χ4n) is 4.27. The van der Waals surface area contributed by atoms with Gasteiger partial charge in [-0.2, -0.15) is 0 Å². The molecular weight excluding hydrogens is 379 g/mol. The van der Waals surface area contributed by atoms with E-state index in [0.717, 1.165) is 43.2 Å². The lowest BCUT2D eigenvalue weighted by Gasteiger charge is -2.24. The number of aliphatic hydroxyl groups is 1. The van der Waals surface area contributed by atoms with E-state index in [1.54, 1.807) is 6.07 Å². The molecule has 2 aromatic carbocycles. The van der Waals surface area contributed by atoms with E-state index in [1.807, 2.05) is 30.3 Å². The maximum atomic E-state index is 10.2. The van der Waals surface area contributed by atoms with Crippen LogP contribution in [0.4, 0.5) is 0 Å². The Balaban J connectivity index is 1.73. The number of halogens is 2. The SMILES string of the molecule is CCCC(O)c1ccc(C2C(Cl)CC(Cl)C2CCc2cccc(O)c2)cc1. The molecule has 0 heterocycles. The summed E-state index contributed by atoms with van der Waals surface area (Å²) < 4.78 is 0. The highest BCUT2D eigenvalue weighted by atomic mass is 35.5. The Labute approximate surface area is 172 Å². The third-order valence-corrected chi connectivity index (χ3v) is 6.66. The predicted molar refractivity (Wildman–Crippen MR) is 113 cm³/mol. The van der Waals surface area contributed by atoms with Crippen LogP contribution in [0, 0.1) is 5.92 Å². The molecule has 5 atom stereocenters. The van der Waals surface area contributed by atoms with Gasteiger partial charge in [0.1, 0.15) is 5.75 Å². The highest BCUT2D eigenvalue weighted by molar-refractivity contribution is 6.25. The van der Waals surface area contributed by atoms with Crippen LogP contribution in [0.15, 0.2) is 48.5 Å². The molecule has 2 N–H and O–H groups in total. The molecule has 0 amide bonds. The standard InChI is InChI=1S/C23H28Cl2O2/c1-2-4-22(27)16-8-10-17(11-9-16)23-19(20(24)14-21(23)25)12-7-15-5-3-6-18(26)13-15/h3,5-6,8-11,13,19-23,26-27H,2,4,7,12,14H2,1H3. The minimum absolute atomic E-state index is 0.0214. The predicted octanol–water partition coefficient (Wildman–Crippen LogP) is 6.18. The molecule has 5 unspecified atom stereocenters. The van der Waals surface area contributed by atoms with Crippen molar-refractivity contribution in [2.75, 3.05) is 0 Å². The molecule has 0 aromatic heterocycles. The zero-order chi connectivity index (χ0) is 19.4. The van der Waals surface area contributed by atoms with E-state index < -0.39 is 6.10 Å². The van der Waals surface area contributed by atoms with Crippen molar-refractivity contribution in [3.63, 3.8) is 0 Å². The number of phenols is 1. The van der Waals surface area contributed by atoms with Gasteiger partial charge < -0.3 is 10.2 Å². The van der Waals surface area contributed by atoms with E-state index in [-0.39, 0.29) is 16.7 Å². The van der Waals surface area contributed by atoms with Crippen molar-refractivity contribution in [2.45, 2.75) is 61.8 Å². The fourth-order valence-corrected chi connectivity index (χ4v) is 5.36. The molecule has 0 spiro atoms. The Hall–Kier alpha value is -1.22. The molecule has 1 aliphatic rings. The van der Waals surface area contributed by atoms with E-state index in [0.29, 0.717) is 11.7 Å². The number of phenolic OH excluding ortho intramolecular Hbond substituents is 1. The summed E-state index contributed by atoms with van der Waals surface area (Å²) >= 11 is 13.4. The van der Waals surface area contributed by atoms with E-state index in [1.165, 1.54) is 5.56 Å². The minimum atomic E-state index is -0.401. The first-order chi connectivity index (χ1) is 13.0. The number of benzene rings is 2. The molecule has 1 aliphatic carbocycles. The van der Waals surface area contributed by atoms with Gasteiger partial charge in [-0.05, 0) is 60.4 Å². The van der Waals surface area contributed by atoms with Gasteiger partial charge in [-0.25, -0.2) is 0 Å². The summed E-state index contributed by atoms with van der Waals surface area (Å²) in [5.41, 5.74) is 3.28. The van der Waals surface area contributed by atoms with Crippen molar-refractivity contribution < 1.29 is 10.2 Å². The smallest absolute Gasteiger partial charge is 0.115 e. The van der Waals surface area contributed by atoms with Gasteiger partial charge in [0.15, 0.2) is 0 Å². The lowest BCUT2D eigenvalue weighted by Crippen LogP contribution is -2.17. The highest BCUT2D eigenvalue weighted by Gasteiger charge is 2.41. The van der Waals surface area contributed by atoms with Crippen molar-refractivity contribution in [1.29, 1.82) is 0 Å². The topological polar surface area (TPSA) is 40.5 Å². The molecule has 4 heteroatoms. The minimum Gasteiger partial charge on any atom is -0.508 e.